The van der Waals surface area contributed by atoms with E-state index in [4.69, 9.17) is 0 Å². The summed E-state index contributed by atoms with van der Waals surface area (Å²) >= 11 is 1.41. The van der Waals surface area contributed by atoms with Crippen molar-refractivity contribution < 1.29 is 9.59 Å². The van der Waals surface area contributed by atoms with Gasteiger partial charge in [-0.15, -0.1) is 11.3 Å². The molecule has 1 aromatic heterocycles. The van der Waals surface area contributed by atoms with Gasteiger partial charge in [0.2, 0.25) is 5.91 Å². The predicted octanol–water partition coefficient (Wildman–Crippen LogP) is 2.19. The first kappa shape index (κ1) is 15.1. The van der Waals surface area contributed by atoms with Gasteiger partial charge in [-0.25, -0.2) is 9.78 Å². The fourth-order valence-electron chi connectivity index (χ4n) is 3.16. The van der Waals surface area contributed by atoms with Gasteiger partial charge in [0.15, 0.2) is 5.13 Å². The van der Waals surface area contributed by atoms with Crippen LogP contribution in [0.1, 0.15) is 17.7 Å². The Morgan fingerprint density at radius 1 is 1.29 bits per heavy atom. The molecule has 1 saturated heterocycles. The number of anilines is 2. The van der Waals surface area contributed by atoms with Gasteiger partial charge in [-0.2, -0.15) is 0 Å². The van der Waals surface area contributed by atoms with Gasteiger partial charge < -0.3 is 10.2 Å². The number of nitrogens with zero attached hydrogens (tertiary/aromatic N) is 3. The maximum Gasteiger partial charge on any atom is 0.323 e. The van der Waals surface area contributed by atoms with Crippen LogP contribution in [-0.2, 0) is 17.6 Å². The lowest BCUT2D eigenvalue weighted by atomic mass is 10.2. The van der Waals surface area contributed by atoms with Crippen molar-refractivity contribution in [2.24, 2.45) is 0 Å². The van der Waals surface area contributed by atoms with Gasteiger partial charge in [0.25, 0.3) is 0 Å². The lowest BCUT2D eigenvalue weighted by molar-refractivity contribution is -0.117. The smallest absolute Gasteiger partial charge is 0.323 e. The number of carbonyl (C=O) groups excluding carboxylic acids is 2. The van der Waals surface area contributed by atoms with E-state index >= 15 is 0 Å². The molecule has 0 spiro atoms. The second-order valence-electron chi connectivity index (χ2n) is 5.96. The number of hydrogen-bond donors (Lipinski definition) is 1. The van der Waals surface area contributed by atoms with Crippen LogP contribution in [0.5, 0.6) is 0 Å². The van der Waals surface area contributed by atoms with Crippen molar-refractivity contribution in [2.45, 2.75) is 19.3 Å². The van der Waals surface area contributed by atoms with Crippen molar-refractivity contribution in [3.63, 3.8) is 0 Å². The van der Waals surface area contributed by atoms with E-state index in [9.17, 15) is 9.59 Å². The number of rotatable bonds is 3. The van der Waals surface area contributed by atoms with E-state index in [0.29, 0.717) is 18.2 Å². The fraction of sp³-hybridized carbons (Fsp3) is 0.353. The first-order valence-corrected chi connectivity index (χ1v) is 8.98. The molecule has 0 aliphatic carbocycles. The van der Waals surface area contributed by atoms with Crippen molar-refractivity contribution in [3.05, 3.63) is 40.9 Å². The van der Waals surface area contributed by atoms with Crippen molar-refractivity contribution in [2.75, 3.05) is 29.4 Å². The lowest BCUT2D eigenvalue weighted by Gasteiger charge is -2.24. The van der Waals surface area contributed by atoms with Crippen molar-refractivity contribution in [1.82, 2.24) is 10.3 Å². The highest BCUT2D eigenvalue weighted by molar-refractivity contribution is 7.14. The van der Waals surface area contributed by atoms with E-state index in [1.165, 1.54) is 16.9 Å². The van der Waals surface area contributed by atoms with Crippen LogP contribution in [0.3, 0.4) is 0 Å². The third kappa shape index (κ3) is 2.75. The number of thiazole rings is 1. The van der Waals surface area contributed by atoms with Crippen LogP contribution in [-0.4, -0.2) is 36.6 Å². The van der Waals surface area contributed by atoms with Crippen LogP contribution in [0.2, 0.25) is 0 Å². The van der Waals surface area contributed by atoms with E-state index in [1.54, 1.807) is 4.90 Å². The second-order valence-corrected chi connectivity index (χ2v) is 6.80. The average Bonchev–Trinajstić information content (AvgIpc) is 3.22. The van der Waals surface area contributed by atoms with Crippen LogP contribution in [0, 0.1) is 0 Å². The molecule has 0 saturated carbocycles. The molecule has 2 aromatic rings. The predicted molar refractivity (Wildman–Crippen MR) is 93.7 cm³/mol. The molecule has 1 aromatic carbocycles. The molecule has 7 heteroatoms. The molecule has 1 fully saturated rings. The minimum atomic E-state index is -0.109. The fourth-order valence-corrected chi connectivity index (χ4v) is 4.01. The maximum atomic E-state index is 12.6. The first-order valence-electron chi connectivity index (χ1n) is 8.10. The van der Waals surface area contributed by atoms with Crippen LogP contribution in [0.25, 0.3) is 0 Å². The number of benzene rings is 1. The molecule has 3 heterocycles. The largest absolute Gasteiger partial charge is 0.338 e. The lowest BCUT2D eigenvalue weighted by Crippen LogP contribution is -2.46. The Morgan fingerprint density at radius 2 is 2.17 bits per heavy atom. The van der Waals surface area contributed by atoms with Gasteiger partial charge in [0, 0.05) is 30.7 Å². The molecular formula is C17H18N4O2S. The summed E-state index contributed by atoms with van der Waals surface area (Å²) in [5.41, 5.74) is 2.95. The van der Waals surface area contributed by atoms with Gasteiger partial charge in [0.05, 0.1) is 12.1 Å². The first-order chi connectivity index (χ1) is 11.7. The molecule has 0 unspecified atom stereocenters. The van der Waals surface area contributed by atoms with E-state index in [-0.39, 0.29) is 18.4 Å². The zero-order valence-corrected chi connectivity index (χ0v) is 14.0. The molecule has 24 heavy (non-hydrogen) atoms. The Hall–Kier alpha value is -2.41. The molecular weight excluding hydrogens is 324 g/mol. The molecule has 0 atom stereocenters. The number of urea groups is 1. The molecule has 3 amide bonds. The van der Waals surface area contributed by atoms with Crippen LogP contribution >= 0.6 is 11.3 Å². The van der Waals surface area contributed by atoms with Crippen LogP contribution < -0.4 is 15.1 Å². The second kappa shape index (κ2) is 6.24. The number of carbonyl (C=O) groups is 2. The molecule has 4 rings (SSSR count). The Bertz CT molecular complexity index is 788. The SMILES string of the molecule is O=C1NCCCN1c1nc(CC(=O)N2CCc3ccccc32)cs1. The number of hydrogen-bond acceptors (Lipinski definition) is 4. The number of aromatic nitrogens is 1. The zero-order chi connectivity index (χ0) is 16.5. The Balaban J connectivity index is 1.46. The van der Waals surface area contributed by atoms with Crippen LogP contribution in [0.15, 0.2) is 29.6 Å². The third-order valence-corrected chi connectivity index (χ3v) is 5.28. The standard InChI is InChI=1S/C17H18N4O2S/c22-15(20-9-6-12-4-1-2-5-14(12)20)10-13-11-24-17(19-13)21-8-3-7-18-16(21)23/h1-2,4-5,11H,3,6-10H2,(H,18,23). The maximum absolute atomic E-state index is 12.6. The van der Waals surface area contributed by atoms with E-state index in [2.05, 4.69) is 16.4 Å². The van der Waals surface area contributed by atoms with Gasteiger partial charge in [-0.05, 0) is 24.5 Å². The summed E-state index contributed by atoms with van der Waals surface area (Å²) in [6.07, 6.45) is 2.07. The number of nitrogens with one attached hydrogen (secondary N) is 1. The Morgan fingerprint density at radius 3 is 3.04 bits per heavy atom. The summed E-state index contributed by atoms with van der Waals surface area (Å²) in [7, 11) is 0. The number of amides is 3. The Kier molecular flexibility index (Phi) is 3.93. The summed E-state index contributed by atoms with van der Waals surface area (Å²) in [6, 6.07) is 7.91. The number of fused-ring (bicyclic) bond motifs is 1. The minimum absolute atomic E-state index is 0.0555. The minimum Gasteiger partial charge on any atom is -0.338 e. The average molecular weight is 342 g/mol. The van der Waals surface area contributed by atoms with Crippen molar-refractivity contribution in [1.29, 1.82) is 0 Å². The molecule has 2 aliphatic heterocycles. The highest BCUT2D eigenvalue weighted by Gasteiger charge is 2.26. The summed E-state index contributed by atoms with van der Waals surface area (Å²) in [6.45, 7) is 2.11. The van der Waals surface area contributed by atoms with Gasteiger partial charge in [-0.1, -0.05) is 18.2 Å². The van der Waals surface area contributed by atoms with Crippen molar-refractivity contribution >= 4 is 34.1 Å². The highest BCUT2D eigenvalue weighted by atomic mass is 32.1. The summed E-state index contributed by atoms with van der Waals surface area (Å²) in [4.78, 5) is 32.5. The van der Waals surface area contributed by atoms with E-state index in [0.717, 1.165) is 30.8 Å². The quantitative estimate of drug-likeness (QED) is 0.930. The topological polar surface area (TPSA) is 65.5 Å². The molecule has 124 valence electrons. The summed E-state index contributed by atoms with van der Waals surface area (Å²) < 4.78 is 0. The molecule has 0 radical (unpaired) electrons. The summed E-state index contributed by atoms with van der Waals surface area (Å²) in [5.74, 6) is 0.0555. The van der Waals surface area contributed by atoms with E-state index < -0.39 is 0 Å². The number of para-hydroxylation sites is 1. The van der Waals surface area contributed by atoms with Crippen LogP contribution in [0.4, 0.5) is 15.6 Å². The monoisotopic (exact) mass is 342 g/mol. The van der Waals surface area contributed by atoms with Gasteiger partial charge in [0.1, 0.15) is 0 Å². The molecule has 0 bridgehead atoms. The Labute approximate surface area is 144 Å². The van der Waals surface area contributed by atoms with Crippen molar-refractivity contribution in [3.8, 4) is 0 Å². The van der Waals surface area contributed by atoms with Gasteiger partial charge >= 0.3 is 6.03 Å². The zero-order valence-electron chi connectivity index (χ0n) is 13.2. The molecule has 1 N–H and O–H groups in total. The summed E-state index contributed by atoms with van der Waals surface area (Å²) in [5, 5.41) is 5.35. The normalized spacial score (nSPS) is 16.9. The molecule has 6 nitrogen and oxygen atoms in total. The molecule has 2 aliphatic rings. The van der Waals surface area contributed by atoms with E-state index in [1.807, 2.05) is 28.5 Å². The third-order valence-electron chi connectivity index (χ3n) is 4.37. The highest BCUT2D eigenvalue weighted by Crippen LogP contribution is 2.28. The van der Waals surface area contributed by atoms with Gasteiger partial charge in [-0.3, -0.25) is 9.69 Å².